The highest BCUT2D eigenvalue weighted by atomic mass is 79.9. The summed E-state index contributed by atoms with van der Waals surface area (Å²) >= 11 is 3.59. The van der Waals surface area contributed by atoms with Gasteiger partial charge in [0.2, 0.25) is 5.91 Å². The molecule has 0 bridgehead atoms. The van der Waals surface area contributed by atoms with Gasteiger partial charge in [0.05, 0.1) is 4.47 Å². The summed E-state index contributed by atoms with van der Waals surface area (Å²) < 4.78 is 6.67. The molecule has 1 atom stereocenters. The van der Waals surface area contributed by atoms with Crippen LogP contribution in [0.1, 0.15) is 26.3 Å². The summed E-state index contributed by atoms with van der Waals surface area (Å²) in [6.07, 6.45) is 0. The molecule has 0 radical (unpaired) electrons. The van der Waals surface area contributed by atoms with E-state index in [1.54, 1.807) is 11.8 Å². The zero-order chi connectivity index (χ0) is 22.4. The monoisotopic (exact) mass is 482 g/mol. The normalized spacial score (nSPS) is 11.9. The Morgan fingerprint density at radius 3 is 2.35 bits per heavy atom. The first kappa shape index (κ1) is 22.8. The van der Waals surface area contributed by atoms with Gasteiger partial charge in [-0.1, -0.05) is 60.7 Å². The molecule has 0 aliphatic heterocycles. The zero-order valence-electron chi connectivity index (χ0n) is 18.0. The van der Waals surface area contributed by atoms with Gasteiger partial charge in [-0.15, -0.1) is 0 Å². The molecule has 0 aromatic heterocycles. The number of carbonyl (C=O) groups is 2. The van der Waals surface area contributed by atoms with Crippen molar-refractivity contribution in [2.24, 2.45) is 0 Å². The number of ether oxygens (including phenoxy) is 1. The number of fused-ring (bicyclic) bond motifs is 1. The first-order valence-corrected chi connectivity index (χ1v) is 11.1. The lowest BCUT2D eigenvalue weighted by atomic mass is 10.1. The van der Waals surface area contributed by atoms with Gasteiger partial charge in [-0.3, -0.25) is 9.59 Å². The van der Waals surface area contributed by atoms with Crippen molar-refractivity contribution in [1.29, 1.82) is 0 Å². The largest absolute Gasteiger partial charge is 0.483 e. The molecule has 31 heavy (non-hydrogen) atoms. The zero-order valence-corrected chi connectivity index (χ0v) is 19.6. The van der Waals surface area contributed by atoms with E-state index < -0.39 is 6.04 Å². The van der Waals surface area contributed by atoms with Crippen molar-refractivity contribution in [1.82, 2.24) is 10.2 Å². The molecule has 162 valence electrons. The van der Waals surface area contributed by atoms with Crippen LogP contribution in [0.3, 0.4) is 0 Å². The van der Waals surface area contributed by atoms with E-state index in [2.05, 4.69) is 21.2 Å². The Kier molecular flexibility index (Phi) is 7.69. The van der Waals surface area contributed by atoms with Gasteiger partial charge in [-0.2, -0.15) is 0 Å². The average molecular weight is 483 g/mol. The second-order valence-corrected chi connectivity index (χ2v) is 8.53. The third-order valence-electron chi connectivity index (χ3n) is 4.97. The van der Waals surface area contributed by atoms with Crippen LogP contribution < -0.4 is 10.1 Å². The Bertz CT molecular complexity index is 1050. The van der Waals surface area contributed by atoms with Gasteiger partial charge < -0.3 is 15.0 Å². The van der Waals surface area contributed by atoms with E-state index in [-0.39, 0.29) is 24.5 Å². The van der Waals surface area contributed by atoms with Crippen LogP contribution in [0.4, 0.5) is 0 Å². The third-order valence-corrected chi connectivity index (χ3v) is 5.79. The minimum absolute atomic E-state index is 0.00608. The fourth-order valence-electron chi connectivity index (χ4n) is 3.32. The van der Waals surface area contributed by atoms with E-state index in [9.17, 15) is 9.59 Å². The van der Waals surface area contributed by atoms with Crippen molar-refractivity contribution in [3.05, 3.63) is 76.8 Å². The van der Waals surface area contributed by atoms with E-state index in [4.69, 9.17) is 4.74 Å². The molecular formula is C25H27BrN2O3. The summed E-state index contributed by atoms with van der Waals surface area (Å²) in [6, 6.07) is 20.7. The number of halogens is 1. The molecule has 0 fully saturated rings. The van der Waals surface area contributed by atoms with E-state index in [1.165, 1.54) is 0 Å². The quantitative estimate of drug-likeness (QED) is 0.495. The topological polar surface area (TPSA) is 58.6 Å². The summed E-state index contributed by atoms with van der Waals surface area (Å²) in [4.78, 5) is 27.3. The minimum Gasteiger partial charge on any atom is -0.483 e. The van der Waals surface area contributed by atoms with Gasteiger partial charge in [0.25, 0.3) is 5.91 Å². The summed E-state index contributed by atoms with van der Waals surface area (Å²) in [5.74, 6) is 0.146. The van der Waals surface area contributed by atoms with Crippen molar-refractivity contribution in [2.45, 2.75) is 39.4 Å². The highest BCUT2D eigenvalue weighted by Gasteiger charge is 2.27. The first-order valence-electron chi connectivity index (χ1n) is 10.3. The van der Waals surface area contributed by atoms with Crippen molar-refractivity contribution >= 4 is 38.5 Å². The second-order valence-electron chi connectivity index (χ2n) is 7.73. The van der Waals surface area contributed by atoms with Crippen LogP contribution in [0.25, 0.3) is 10.8 Å². The molecule has 3 rings (SSSR count). The molecule has 5 nitrogen and oxygen atoms in total. The fourth-order valence-corrected chi connectivity index (χ4v) is 3.92. The number of hydrogen-bond acceptors (Lipinski definition) is 3. The number of nitrogens with one attached hydrogen (secondary N) is 1. The molecule has 6 heteroatoms. The van der Waals surface area contributed by atoms with Crippen molar-refractivity contribution in [2.75, 3.05) is 6.61 Å². The number of hydrogen-bond donors (Lipinski definition) is 1. The number of rotatable bonds is 8. The lowest BCUT2D eigenvalue weighted by molar-refractivity contribution is -0.142. The van der Waals surface area contributed by atoms with Gasteiger partial charge in [-0.05, 0) is 59.1 Å². The van der Waals surface area contributed by atoms with Gasteiger partial charge in [0, 0.05) is 12.6 Å². The molecule has 0 saturated heterocycles. The van der Waals surface area contributed by atoms with E-state index in [1.807, 2.05) is 80.6 Å². The van der Waals surface area contributed by atoms with Gasteiger partial charge in [0.1, 0.15) is 11.8 Å². The van der Waals surface area contributed by atoms with Crippen LogP contribution in [0.5, 0.6) is 5.75 Å². The summed E-state index contributed by atoms with van der Waals surface area (Å²) in [5.41, 5.74) is 0.951. The van der Waals surface area contributed by atoms with Gasteiger partial charge in [0.15, 0.2) is 6.61 Å². The van der Waals surface area contributed by atoms with Crippen LogP contribution in [-0.4, -0.2) is 35.4 Å². The molecular weight excluding hydrogens is 456 g/mol. The molecule has 1 N–H and O–H groups in total. The van der Waals surface area contributed by atoms with Crippen LogP contribution in [-0.2, 0) is 16.1 Å². The number of nitrogens with zero attached hydrogens (tertiary/aromatic N) is 1. The first-order chi connectivity index (χ1) is 14.9. The maximum absolute atomic E-state index is 13.1. The maximum atomic E-state index is 13.1. The summed E-state index contributed by atoms with van der Waals surface area (Å²) in [6.45, 7) is 5.70. The van der Waals surface area contributed by atoms with Crippen LogP contribution in [0, 0.1) is 0 Å². The Morgan fingerprint density at radius 2 is 1.65 bits per heavy atom. The Morgan fingerprint density at radius 1 is 0.968 bits per heavy atom. The molecule has 0 aliphatic carbocycles. The Hall–Kier alpha value is -2.86. The van der Waals surface area contributed by atoms with Crippen LogP contribution in [0.15, 0.2) is 71.2 Å². The molecule has 0 unspecified atom stereocenters. The van der Waals surface area contributed by atoms with Crippen molar-refractivity contribution in [3.8, 4) is 5.75 Å². The van der Waals surface area contributed by atoms with Crippen LogP contribution >= 0.6 is 15.9 Å². The Labute approximate surface area is 191 Å². The van der Waals surface area contributed by atoms with Gasteiger partial charge >= 0.3 is 0 Å². The highest BCUT2D eigenvalue weighted by Crippen LogP contribution is 2.33. The molecule has 2 amide bonds. The van der Waals surface area contributed by atoms with Crippen molar-refractivity contribution in [3.63, 3.8) is 0 Å². The molecule has 0 spiro atoms. The number of carbonyl (C=O) groups excluding carboxylic acids is 2. The minimum atomic E-state index is -0.626. The lowest BCUT2D eigenvalue weighted by Gasteiger charge is -2.29. The Balaban J connectivity index is 1.77. The van der Waals surface area contributed by atoms with E-state index in [0.717, 1.165) is 20.8 Å². The lowest BCUT2D eigenvalue weighted by Crippen LogP contribution is -2.50. The van der Waals surface area contributed by atoms with E-state index >= 15 is 0 Å². The molecule has 3 aromatic rings. The smallest absolute Gasteiger partial charge is 0.261 e. The molecule has 0 heterocycles. The van der Waals surface area contributed by atoms with Crippen LogP contribution in [0.2, 0.25) is 0 Å². The predicted octanol–water partition coefficient (Wildman–Crippen LogP) is 4.92. The second kappa shape index (κ2) is 10.4. The number of benzene rings is 3. The summed E-state index contributed by atoms with van der Waals surface area (Å²) in [5, 5.41) is 4.98. The standard InChI is InChI=1S/C25H27BrN2O3/c1-17(2)27-25(30)18(3)28(15-19-9-5-4-6-10-19)23(29)16-31-22-14-13-20-11-7-8-12-21(20)24(22)26/h4-14,17-18H,15-16H2,1-3H3,(H,27,30)/t18-/m0/s1. The van der Waals surface area contributed by atoms with Crippen molar-refractivity contribution < 1.29 is 14.3 Å². The third kappa shape index (κ3) is 5.85. The van der Waals surface area contributed by atoms with Gasteiger partial charge in [-0.25, -0.2) is 0 Å². The molecule has 0 aliphatic rings. The predicted molar refractivity (Wildman–Crippen MR) is 127 cm³/mol. The molecule has 0 saturated carbocycles. The maximum Gasteiger partial charge on any atom is 0.261 e. The highest BCUT2D eigenvalue weighted by molar-refractivity contribution is 9.10. The SMILES string of the molecule is CC(C)NC(=O)[C@H](C)N(Cc1ccccc1)C(=O)COc1ccc2ccccc2c1Br. The van der Waals surface area contributed by atoms with E-state index in [0.29, 0.717) is 12.3 Å². The summed E-state index contributed by atoms with van der Waals surface area (Å²) in [7, 11) is 0. The molecule has 3 aromatic carbocycles. The number of amides is 2. The fraction of sp³-hybridized carbons (Fsp3) is 0.280. The average Bonchev–Trinajstić information content (AvgIpc) is 2.77.